The Bertz CT molecular complexity index is 1500. The van der Waals surface area contributed by atoms with E-state index in [0.29, 0.717) is 43.2 Å². The third-order valence-corrected chi connectivity index (χ3v) is 6.92. The molecule has 1 saturated heterocycles. The molecular formula is C25H24FN7O2. The van der Waals surface area contributed by atoms with Gasteiger partial charge >= 0.3 is 5.69 Å². The van der Waals surface area contributed by atoms with Gasteiger partial charge in [0.2, 0.25) is 0 Å². The first-order valence-electron chi connectivity index (χ1n) is 11.7. The van der Waals surface area contributed by atoms with Gasteiger partial charge in [0.15, 0.2) is 5.65 Å². The number of hydrogen-bond donors (Lipinski definition) is 1. The molecule has 5 heterocycles. The van der Waals surface area contributed by atoms with Crippen LogP contribution in [0.3, 0.4) is 0 Å². The van der Waals surface area contributed by atoms with Crippen LogP contribution in [-0.4, -0.2) is 50.0 Å². The third kappa shape index (κ3) is 3.65. The van der Waals surface area contributed by atoms with Crippen molar-refractivity contribution in [2.24, 2.45) is 0 Å². The van der Waals surface area contributed by atoms with Gasteiger partial charge in [-0.1, -0.05) is 6.07 Å². The molecule has 0 spiro atoms. The molecule has 1 aromatic carbocycles. The van der Waals surface area contributed by atoms with Crippen molar-refractivity contribution < 1.29 is 9.18 Å². The summed E-state index contributed by atoms with van der Waals surface area (Å²) >= 11 is 0. The number of piperidine rings is 1. The normalized spacial score (nSPS) is 16.2. The van der Waals surface area contributed by atoms with Gasteiger partial charge in [-0.05, 0) is 55.5 Å². The molecule has 3 aromatic heterocycles. The number of carbonyl (C=O) groups excluding carboxylic acids is 1. The van der Waals surface area contributed by atoms with Crippen LogP contribution in [0.4, 0.5) is 15.9 Å². The summed E-state index contributed by atoms with van der Waals surface area (Å²) in [5, 5.41) is 0. The lowest BCUT2D eigenvalue weighted by atomic mass is 10.0. The molecule has 0 unspecified atom stereocenters. The molecule has 4 aromatic rings. The number of nitrogens with zero attached hydrogens (tertiary/aromatic N) is 6. The van der Waals surface area contributed by atoms with Crippen molar-refractivity contribution >= 4 is 28.6 Å². The molecule has 2 aliphatic rings. The van der Waals surface area contributed by atoms with Crippen LogP contribution in [0.25, 0.3) is 11.2 Å². The van der Waals surface area contributed by atoms with E-state index >= 15 is 0 Å². The van der Waals surface area contributed by atoms with E-state index in [1.165, 1.54) is 17.3 Å². The zero-order valence-corrected chi connectivity index (χ0v) is 19.2. The zero-order chi connectivity index (χ0) is 24.1. The van der Waals surface area contributed by atoms with Gasteiger partial charge < -0.3 is 9.80 Å². The summed E-state index contributed by atoms with van der Waals surface area (Å²) in [6.07, 6.45) is 5.16. The van der Waals surface area contributed by atoms with Crippen LogP contribution in [0.2, 0.25) is 0 Å². The Morgan fingerprint density at radius 3 is 2.77 bits per heavy atom. The number of pyridine rings is 1. The summed E-state index contributed by atoms with van der Waals surface area (Å²) in [4.78, 5) is 45.0. The van der Waals surface area contributed by atoms with E-state index in [1.807, 2.05) is 25.1 Å². The van der Waals surface area contributed by atoms with Gasteiger partial charge in [-0.25, -0.2) is 24.1 Å². The molecule has 6 rings (SSSR count). The Labute approximate surface area is 200 Å². The van der Waals surface area contributed by atoms with E-state index in [9.17, 15) is 14.0 Å². The maximum absolute atomic E-state index is 14.7. The lowest BCUT2D eigenvalue weighted by molar-refractivity contribution is 0.0983. The average molecular weight is 474 g/mol. The number of aryl methyl sites for hydroxylation is 1. The van der Waals surface area contributed by atoms with Gasteiger partial charge in [0, 0.05) is 37.9 Å². The highest BCUT2D eigenvalue weighted by molar-refractivity contribution is 6.06. The minimum atomic E-state index is -0.384. The Hall–Kier alpha value is -4.08. The highest BCUT2D eigenvalue weighted by atomic mass is 19.1. The summed E-state index contributed by atoms with van der Waals surface area (Å²) in [6, 6.07) is 8.83. The number of imidazole rings is 1. The van der Waals surface area contributed by atoms with Crippen molar-refractivity contribution in [3.8, 4) is 0 Å². The second-order valence-corrected chi connectivity index (χ2v) is 9.11. The molecule has 0 aliphatic carbocycles. The third-order valence-electron chi connectivity index (χ3n) is 6.92. The second-order valence-electron chi connectivity index (χ2n) is 9.11. The highest BCUT2D eigenvalue weighted by Crippen LogP contribution is 2.33. The van der Waals surface area contributed by atoms with Crippen LogP contribution < -0.4 is 15.5 Å². The predicted octanol–water partition coefficient (Wildman–Crippen LogP) is 3.01. The minimum absolute atomic E-state index is 0.0483. The van der Waals surface area contributed by atoms with Gasteiger partial charge in [-0.3, -0.25) is 14.3 Å². The summed E-state index contributed by atoms with van der Waals surface area (Å²) in [5.41, 5.74) is 3.52. The molecule has 1 N–H and O–H groups in total. The fourth-order valence-electron chi connectivity index (χ4n) is 5.30. The van der Waals surface area contributed by atoms with Crippen molar-refractivity contribution in [1.82, 2.24) is 24.5 Å². The monoisotopic (exact) mass is 473 g/mol. The van der Waals surface area contributed by atoms with Gasteiger partial charge in [-0.2, -0.15) is 0 Å². The summed E-state index contributed by atoms with van der Waals surface area (Å²) in [5.74, 6) is -0.0636. The number of aromatic nitrogens is 5. The first kappa shape index (κ1) is 21.5. The van der Waals surface area contributed by atoms with Crippen molar-refractivity contribution in [2.45, 2.75) is 32.2 Å². The summed E-state index contributed by atoms with van der Waals surface area (Å²) in [7, 11) is 0. The Balaban J connectivity index is 1.20. The molecule has 1 fully saturated rings. The van der Waals surface area contributed by atoms with E-state index in [1.54, 1.807) is 16.8 Å². The largest absolute Gasteiger partial charge is 0.356 e. The van der Waals surface area contributed by atoms with Crippen LogP contribution in [0, 0.1) is 12.7 Å². The number of aromatic amines is 1. The van der Waals surface area contributed by atoms with Crippen LogP contribution in [-0.2, 0) is 6.42 Å². The molecule has 35 heavy (non-hydrogen) atoms. The molecule has 178 valence electrons. The van der Waals surface area contributed by atoms with Crippen molar-refractivity contribution in [2.75, 3.05) is 29.4 Å². The van der Waals surface area contributed by atoms with Crippen molar-refractivity contribution in [1.29, 1.82) is 0 Å². The lowest BCUT2D eigenvalue weighted by Gasteiger charge is -2.33. The standard InChI is InChI=1S/C25H24FN7O2/c1-15-11-16-4-10-32(22(16)18(26)12-15)24(34)19-13-21(29-14-28-19)31-8-5-17(6-9-31)33-20-3-2-7-27-23(20)30-25(33)35/h2-3,7,11-14,17H,4-6,8-10H2,1H3,(H,27,30,35). The maximum atomic E-state index is 14.7. The molecule has 0 atom stereocenters. The van der Waals surface area contributed by atoms with Crippen LogP contribution in [0.15, 0.2) is 47.7 Å². The first-order chi connectivity index (χ1) is 17.0. The van der Waals surface area contributed by atoms with Crippen LogP contribution in [0.1, 0.15) is 40.5 Å². The molecular weight excluding hydrogens is 449 g/mol. The minimum Gasteiger partial charge on any atom is -0.356 e. The number of anilines is 2. The SMILES string of the molecule is Cc1cc(F)c2c(c1)CCN2C(=O)c1cc(N2CCC(n3c(=O)[nH]c4ncccc43)CC2)ncn1. The van der Waals surface area contributed by atoms with Gasteiger partial charge in [0.25, 0.3) is 5.91 Å². The molecule has 2 aliphatic heterocycles. The van der Waals surface area contributed by atoms with Crippen LogP contribution in [0.5, 0.6) is 0 Å². The molecule has 0 bridgehead atoms. The smallest absolute Gasteiger partial charge is 0.327 e. The number of halogens is 1. The van der Waals surface area contributed by atoms with E-state index in [-0.39, 0.29) is 29.1 Å². The van der Waals surface area contributed by atoms with Gasteiger partial charge in [-0.15, -0.1) is 0 Å². The fourth-order valence-corrected chi connectivity index (χ4v) is 5.30. The van der Waals surface area contributed by atoms with E-state index in [4.69, 9.17) is 0 Å². The second kappa shape index (κ2) is 8.30. The number of benzene rings is 1. The predicted molar refractivity (Wildman–Crippen MR) is 129 cm³/mol. The van der Waals surface area contributed by atoms with Gasteiger partial charge in [0.1, 0.15) is 23.7 Å². The number of hydrogen-bond acceptors (Lipinski definition) is 6. The number of rotatable bonds is 3. The van der Waals surface area contributed by atoms with Gasteiger partial charge in [0.05, 0.1) is 11.2 Å². The highest BCUT2D eigenvalue weighted by Gasteiger charge is 2.31. The molecule has 0 radical (unpaired) electrons. The molecule has 0 saturated carbocycles. The Kier molecular flexibility index (Phi) is 5.09. The first-order valence-corrected chi connectivity index (χ1v) is 11.7. The topological polar surface area (TPSA) is 100 Å². The number of fused-ring (bicyclic) bond motifs is 2. The summed E-state index contributed by atoms with van der Waals surface area (Å²) in [6.45, 7) is 3.62. The Morgan fingerprint density at radius 1 is 1.11 bits per heavy atom. The molecule has 1 amide bonds. The number of nitrogens with one attached hydrogen (secondary N) is 1. The lowest BCUT2D eigenvalue weighted by Crippen LogP contribution is -2.37. The van der Waals surface area contributed by atoms with Crippen molar-refractivity contribution in [3.63, 3.8) is 0 Å². The maximum Gasteiger partial charge on any atom is 0.327 e. The number of carbonyl (C=O) groups is 1. The molecule has 10 heteroatoms. The zero-order valence-electron chi connectivity index (χ0n) is 19.2. The van der Waals surface area contributed by atoms with E-state index in [0.717, 1.165) is 29.5 Å². The Morgan fingerprint density at radius 2 is 1.94 bits per heavy atom. The fraction of sp³-hybridized carbons (Fsp3) is 0.320. The van der Waals surface area contributed by atoms with E-state index < -0.39 is 0 Å². The summed E-state index contributed by atoms with van der Waals surface area (Å²) < 4.78 is 16.4. The molecule has 9 nitrogen and oxygen atoms in total. The van der Waals surface area contributed by atoms with Crippen molar-refractivity contribution in [3.05, 3.63) is 76.0 Å². The quantitative estimate of drug-likeness (QED) is 0.491. The van der Waals surface area contributed by atoms with Crippen LogP contribution >= 0.6 is 0 Å². The number of H-pyrrole nitrogens is 1. The average Bonchev–Trinajstić information content (AvgIpc) is 3.44. The van der Waals surface area contributed by atoms with E-state index in [2.05, 4.69) is 24.8 Å². The number of amides is 1.